The molecule has 2 rings (SSSR count). The van der Waals surface area contributed by atoms with Crippen LogP contribution in [0.3, 0.4) is 0 Å². The predicted octanol–water partition coefficient (Wildman–Crippen LogP) is 0.265. The third-order valence-electron chi connectivity index (χ3n) is 2.62. The molecule has 0 unspecified atom stereocenters. The summed E-state index contributed by atoms with van der Waals surface area (Å²) in [4.78, 5) is 11.7. The quantitative estimate of drug-likeness (QED) is 0.811. The molecule has 2 N–H and O–H groups in total. The average Bonchev–Trinajstić information content (AvgIpc) is 2.67. The summed E-state index contributed by atoms with van der Waals surface area (Å²) in [5.74, 6) is 0.658. The normalized spacial score (nSPS) is 19.6. The van der Waals surface area contributed by atoms with Gasteiger partial charge in [0.1, 0.15) is 5.82 Å². The van der Waals surface area contributed by atoms with Crippen LogP contribution in [0.2, 0.25) is 0 Å². The van der Waals surface area contributed by atoms with Crippen molar-refractivity contribution in [1.29, 1.82) is 0 Å². The number of amides is 2. The summed E-state index contributed by atoms with van der Waals surface area (Å²) in [7, 11) is 1.78. The number of urea groups is 1. The zero-order valence-corrected chi connectivity index (χ0v) is 10.6. The number of hydrogen-bond donors (Lipinski definition) is 2. The molecule has 1 fully saturated rings. The molecule has 2 amide bonds. The van der Waals surface area contributed by atoms with Gasteiger partial charge in [-0.25, -0.2) is 4.79 Å². The zero-order valence-electron chi connectivity index (χ0n) is 10.6. The molecule has 7 heteroatoms. The van der Waals surface area contributed by atoms with Crippen molar-refractivity contribution < 1.29 is 14.3 Å². The van der Waals surface area contributed by atoms with Crippen LogP contribution >= 0.6 is 0 Å². The second-order valence-corrected chi connectivity index (χ2v) is 4.20. The molecule has 0 spiro atoms. The Labute approximate surface area is 105 Å². The van der Waals surface area contributed by atoms with Gasteiger partial charge in [-0.05, 0) is 6.92 Å². The standard InChI is InChI=1S/C11H18N4O3/c1-8-5-10(15(2)14-8)13-11(16)12-6-9-7-17-3-4-18-9/h5,9H,3-4,6-7H2,1-2H3,(H2,12,13,16)/t9-/m0/s1. The van der Waals surface area contributed by atoms with Gasteiger partial charge < -0.3 is 14.8 Å². The average molecular weight is 254 g/mol. The molecule has 0 aliphatic carbocycles. The van der Waals surface area contributed by atoms with E-state index in [1.54, 1.807) is 17.8 Å². The van der Waals surface area contributed by atoms with E-state index in [9.17, 15) is 4.79 Å². The third-order valence-corrected chi connectivity index (χ3v) is 2.62. The first-order valence-corrected chi connectivity index (χ1v) is 5.90. The molecule has 0 aromatic carbocycles. The minimum atomic E-state index is -0.271. The summed E-state index contributed by atoms with van der Waals surface area (Å²) >= 11 is 0. The number of anilines is 1. The zero-order chi connectivity index (χ0) is 13.0. The summed E-state index contributed by atoms with van der Waals surface area (Å²) in [5, 5.41) is 9.61. The number of carbonyl (C=O) groups is 1. The molecule has 1 aliphatic rings. The van der Waals surface area contributed by atoms with Crippen molar-refractivity contribution in [2.45, 2.75) is 13.0 Å². The van der Waals surface area contributed by atoms with Gasteiger partial charge in [0.25, 0.3) is 0 Å². The topological polar surface area (TPSA) is 77.4 Å². The number of nitrogens with zero attached hydrogens (tertiary/aromatic N) is 2. The molecular weight excluding hydrogens is 236 g/mol. The van der Waals surface area contributed by atoms with Crippen LogP contribution in [-0.4, -0.2) is 48.3 Å². The maximum absolute atomic E-state index is 11.7. The number of aromatic nitrogens is 2. The van der Waals surface area contributed by atoms with Gasteiger partial charge in [0.2, 0.25) is 0 Å². The third kappa shape index (κ3) is 3.44. The van der Waals surface area contributed by atoms with E-state index >= 15 is 0 Å². The largest absolute Gasteiger partial charge is 0.376 e. The number of ether oxygens (including phenoxy) is 2. The van der Waals surface area contributed by atoms with Crippen LogP contribution in [0.5, 0.6) is 0 Å². The minimum absolute atomic E-state index is 0.0715. The maximum atomic E-state index is 11.7. The van der Waals surface area contributed by atoms with Crippen LogP contribution in [0.4, 0.5) is 10.6 Å². The molecule has 0 saturated carbocycles. The highest BCUT2D eigenvalue weighted by Crippen LogP contribution is 2.07. The van der Waals surface area contributed by atoms with Gasteiger partial charge in [-0.15, -0.1) is 0 Å². The molecule has 100 valence electrons. The lowest BCUT2D eigenvalue weighted by atomic mass is 10.3. The Hall–Kier alpha value is -1.60. The van der Waals surface area contributed by atoms with E-state index in [-0.39, 0.29) is 12.1 Å². The Kier molecular flexibility index (Phi) is 4.16. The van der Waals surface area contributed by atoms with E-state index < -0.39 is 0 Å². The van der Waals surface area contributed by atoms with Crippen molar-refractivity contribution in [1.82, 2.24) is 15.1 Å². The lowest BCUT2D eigenvalue weighted by molar-refractivity contribution is -0.0852. The van der Waals surface area contributed by atoms with Gasteiger partial charge >= 0.3 is 6.03 Å². The van der Waals surface area contributed by atoms with Gasteiger partial charge in [-0.2, -0.15) is 5.10 Å². The summed E-state index contributed by atoms with van der Waals surface area (Å²) in [6.07, 6.45) is -0.0715. The molecule has 1 saturated heterocycles. The van der Waals surface area contributed by atoms with Gasteiger partial charge in [0, 0.05) is 19.7 Å². The first-order chi connectivity index (χ1) is 8.65. The molecule has 0 bridgehead atoms. The smallest absolute Gasteiger partial charge is 0.320 e. The highest BCUT2D eigenvalue weighted by atomic mass is 16.6. The highest BCUT2D eigenvalue weighted by Gasteiger charge is 2.15. The number of nitrogens with one attached hydrogen (secondary N) is 2. The molecule has 1 atom stereocenters. The number of carbonyl (C=O) groups excluding carboxylic acids is 1. The van der Waals surface area contributed by atoms with Crippen molar-refractivity contribution >= 4 is 11.8 Å². The van der Waals surface area contributed by atoms with E-state index in [2.05, 4.69) is 15.7 Å². The lowest BCUT2D eigenvalue weighted by Gasteiger charge is -2.23. The first-order valence-electron chi connectivity index (χ1n) is 5.90. The summed E-state index contributed by atoms with van der Waals surface area (Å²) in [6, 6.07) is 1.53. The fourth-order valence-corrected chi connectivity index (χ4v) is 1.75. The van der Waals surface area contributed by atoms with Crippen molar-refractivity contribution in [2.75, 3.05) is 31.7 Å². The Morgan fingerprint density at radius 3 is 3.06 bits per heavy atom. The predicted molar refractivity (Wildman–Crippen MR) is 65.5 cm³/mol. The molecule has 1 aromatic rings. The summed E-state index contributed by atoms with van der Waals surface area (Å²) < 4.78 is 12.3. The fourth-order valence-electron chi connectivity index (χ4n) is 1.75. The monoisotopic (exact) mass is 254 g/mol. The molecule has 1 aliphatic heterocycles. The Morgan fingerprint density at radius 2 is 2.44 bits per heavy atom. The lowest BCUT2D eigenvalue weighted by Crippen LogP contribution is -2.41. The van der Waals surface area contributed by atoms with Gasteiger partial charge in [-0.3, -0.25) is 10.00 Å². The summed E-state index contributed by atoms with van der Waals surface area (Å²) in [6.45, 7) is 4.02. The van der Waals surface area contributed by atoms with E-state index in [1.165, 1.54) is 0 Å². The SMILES string of the molecule is Cc1cc(NC(=O)NC[C@H]2COCCO2)n(C)n1. The Balaban J connectivity index is 1.76. The van der Waals surface area contributed by atoms with Crippen LogP contribution in [0.15, 0.2) is 6.07 Å². The second kappa shape index (κ2) is 5.83. The maximum Gasteiger partial charge on any atom is 0.320 e. The highest BCUT2D eigenvalue weighted by molar-refractivity contribution is 5.88. The van der Waals surface area contributed by atoms with E-state index in [0.29, 0.717) is 32.2 Å². The van der Waals surface area contributed by atoms with Crippen LogP contribution in [0.25, 0.3) is 0 Å². The number of hydrogen-bond acceptors (Lipinski definition) is 4. The van der Waals surface area contributed by atoms with Crippen molar-refractivity contribution in [3.05, 3.63) is 11.8 Å². The van der Waals surface area contributed by atoms with E-state index in [1.807, 2.05) is 6.92 Å². The molecule has 7 nitrogen and oxygen atoms in total. The second-order valence-electron chi connectivity index (χ2n) is 4.20. The van der Waals surface area contributed by atoms with Gasteiger partial charge in [0.15, 0.2) is 0 Å². The molecule has 2 heterocycles. The van der Waals surface area contributed by atoms with Crippen molar-refractivity contribution in [3.8, 4) is 0 Å². The van der Waals surface area contributed by atoms with Crippen LogP contribution in [0.1, 0.15) is 5.69 Å². The molecular formula is C11H18N4O3. The van der Waals surface area contributed by atoms with Gasteiger partial charge in [-0.1, -0.05) is 0 Å². The minimum Gasteiger partial charge on any atom is -0.376 e. The van der Waals surface area contributed by atoms with E-state index in [0.717, 1.165) is 5.69 Å². The van der Waals surface area contributed by atoms with Crippen molar-refractivity contribution in [2.24, 2.45) is 7.05 Å². The van der Waals surface area contributed by atoms with Crippen LogP contribution in [0, 0.1) is 6.92 Å². The number of aryl methyl sites for hydroxylation is 2. The van der Waals surface area contributed by atoms with Gasteiger partial charge in [0.05, 0.1) is 31.6 Å². The molecule has 1 aromatic heterocycles. The first kappa shape index (κ1) is 12.8. The van der Waals surface area contributed by atoms with Crippen molar-refractivity contribution in [3.63, 3.8) is 0 Å². The van der Waals surface area contributed by atoms with Crippen LogP contribution < -0.4 is 10.6 Å². The summed E-state index contributed by atoms with van der Waals surface area (Å²) in [5.41, 5.74) is 0.858. The Morgan fingerprint density at radius 1 is 1.61 bits per heavy atom. The molecule has 0 radical (unpaired) electrons. The van der Waals surface area contributed by atoms with Crippen LogP contribution in [-0.2, 0) is 16.5 Å². The number of rotatable bonds is 3. The van der Waals surface area contributed by atoms with E-state index in [4.69, 9.17) is 9.47 Å². The molecule has 18 heavy (non-hydrogen) atoms. The Bertz CT molecular complexity index is 412. The fraction of sp³-hybridized carbons (Fsp3) is 0.636.